The highest BCUT2D eigenvalue weighted by Crippen LogP contribution is 2.27. The predicted octanol–water partition coefficient (Wildman–Crippen LogP) is 3.40. The van der Waals surface area contributed by atoms with Crippen LogP contribution in [0.15, 0.2) is 48.7 Å². The van der Waals surface area contributed by atoms with Gasteiger partial charge in [0.25, 0.3) is 0 Å². The molecule has 0 saturated heterocycles. The van der Waals surface area contributed by atoms with Gasteiger partial charge in [-0.25, -0.2) is 9.37 Å². The van der Waals surface area contributed by atoms with Crippen molar-refractivity contribution < 1.29 is 18.7 Å². The summed E-state index contributed by atoms with van der Waals surface area (Å²) >= 11 is 0. The van der Waals surface area contributed by atoms with E-state index >= 15 is 0 Å². The molecule has 0 atom stereocenters. The second-order valence-corrected chi connectivity index (χ2v) is 7.24. The Bertz CT molecular complexity index is 1070. The average molecular weight is 439 g/mol. The van der Waals surface area contributed by atoms with Gasteiger partial charge >= 0.3 is 6.01 Å². The Morgan fingerprint density at radius 2 is 1.94 bits per heavy atom. The Balaban J connectivity index is 1.64. The smallest absolute Gasteiger partial charge is 0.320 e. The first-order valence-electron chi connectivity index (χ1n) is 10.3. The number of carbonyl (C=O) groups excluding carboxylic acids is 1. The number of hydrogen-bond acceptors (Lipinski definition) is 6. The molecule has 168 valence electrons. The lowest BCUT2D eigenvalue weighted by atomic mass is 9.97. The Hall–Kier alpha value is -3.52. The number of carbonyl (C=O) groups is 1. The fourth-order valence-corrected chi connectivity index (χ4v) is 3.24. The zero-order chi connectivity index (χ0) is 22.9. The van der Waals surface area contributed by atoms with E-state index < -0.39 is 0 Å². The molecular formula is C24H27FN4O3. The van der Waals surface area contributed by atoms with Crippen molar-refractivity contribution in [3.8, 4) is 23.0 Å². The summed E-state index contributed by atoms with van der Waals surface area (Å²) < 4.78 is 24.8. The van der Waals surface area contributed by atoms with Crippen LogP contribution in [0, 0.1) is 12.7 Å². The first-order chi connectivity index (χ1) is 15.5. The molecule has 0 unspecified atom stereocenters. The molecule has 2 N–H and O–H groups in total. The van der Waals surface area contributed by atoms with Gasteiger partial charge in [-0.2, -0.15) is 4.98 Å². The maximum atomic E-state index is 13.6. The van der Waals surface area contributed by atoms with Gasteiger partial charge in [0.05, 0.1) is 7.11 Å². The van der Waals surface area contributed by atoms with Gasteiger partial charge in [-0.15, -0.1) is 0 Å². The number of halogens is 1. The summed E-state index contributed by atoms with van der Waals surface area (Å²) in [4.78, 5) is 19.5. The minimum Gasteiger partial charge on any atom is -0.481 e. The molecule has 0 aliphatic heterocycles. The molecule has 3 rings (SSSR count). The first kappa shape index (κ1) is 23.1. The van der Waals surface area contributed by atoms with Crippen molar-refractivity contribution in [3.63, 3.8) is 0 Å². The van der Waals surface area contributed by atoms with Crippen molar-refractivity contribution in [1.29, 1.82) is 0 Å². The van der Waals surface area contributed by atoms with Crippen molar-refractivity contribution in [2.24, 2.45) is 0 Å². The van der Waals surface area contributed by atoms with Crippen molar-refractivity contribution in [3.05, 3.63) is 71.2 Å². The number of methoxy groups -OCH3 is 1. The summed E-state index contributed by atoms with van der Waals surface area (Å²) in [5.74, 6) is 0.0897. The predicted molar refractivity (Wildman–Crippen MR) is 120 cm³/mol. The van der Waals surface area contributed by atoms with Gasteiger partial charge in [-0.3, -0.25) is 4.79 Å². The molecule has 1 heterocycles. The zero-order valence-electron chi connectivity index (χ0n) is 18.4. The van der Waals surface area contributed by atoms with E-state index in [1.807, 2.05) is 31.2 Å². The third-order valence-electron chi connectivity index (χ3n) is 4.93. The summed E-state index contributed by atoms with van der Waals surface area (Å²) in [5, 5.41) is 5.92. The quantitative estimate of drug-likeness (QED) is 0.472. The number of ether oxygens (including phenoxy) is 2. The van der Waals surface area contributed by atoms with Crippen LogP contribution >= 0.6 is 0 Å². The van der Waals surface area contributed by atoms with E-state index in [0.717, 1.165) is 27.8 Å². The Morgan fingerprint density at radius 1 is 1.12 bits per heavy atom. The molecule has 2 aromatic carbocycles. The molecule has 3 aromatic rings. The Morgan fingerprint density at radius 3 is 2.69 bits per heavy atom. The number of benzene rings is 2. The molecule has 0 aliphatic carbocycles. The minimum atomic E-state index is -0.270. The van der Waals surface area contributed by atoms with Crippen LogP contribution in [0.2, 0.25) is 0 Å². The van der Waals surface area contributed by atoms with Gasteiger partial charge in [0.2, 0.25) is 11.8 Å². The molecule has 0 radical (unpaired) electrons. The summed E-state index contributed by atoms with van der Waals surface area (Å²) in [6.45, 7) is 5.38. The Kier molecular flexibility index (Phi) is 8.10. The number of amides is 1. The summed E-state index contributed by atoms with van der Waals surface area (Å²) in [7, 11) is 1.54. The highest BCUT2D eigenvalue weighted by atomic mass is 19.1. The highest BCUT2D eigenvalue weighted by molar-refractivity contribution is 5.72. The molecule has 7 nitrogen and oxygen atoms in total. The fraction of sp³-hybridized carbons (Fsp3) is 0.292. The summed E-state index contributed by atoms with van der Waals surface area (Å²) in [6.07, 6.45) is 1.66. The zero-order valence-corrected chi connectivity index (χ0v) is 18.4. The van der Waals surface area contributed by atoms with Crippen LogP contribution in [-0.2, 0) is 17.9 Å². The molecule has 0 saturated carbocycles. The third-order valence-corrected chi connectivity index (χ3v) is 4.93. The van der Waals surface area contributed by atoms with E-state index in [1.165, 1.54) is 19.1 Å². The molecule has 8 heteroatoms. The average Bonchev–Trinajstić information content (AvgIpc) is 2.78. The van der Waals surface area contributed by atoms with Crippen LogP contribution in [0.3, 0.4) is 0 Å². The number of nitrogens with one attached hydrogen (secondary N) is 2. The molecule has 0 aliphatic rings. The molecule has 32 heavy (non-hydrogen) atoms. The normalized spacial score (nSPS) is 10.6. The highest BCUT2D eigenvalue weighted by Gasteiger charge is 2.11. The SMILES string of the molecule is COc1nc(OCc2cccc(-c3cccc(F)c3)c2C)ncc1CNCCNC(C)=O. The second-order valence-electron chi connectivity index (χ2n) is 7.24. The molecule has 1 amide bonds. The van der Waals surface area contributed by atoms with Crippen LogP contribution in [0.25, 0.3) is 11.1 Å². The maximum Gasteiger partial charge on any atom is 0.320 e. The van der Waals surface area contributed by atoms with Gasteiger partial charge in [-0.1, -0.05) is 30.3 Å². The van der Waals surface area contributed by atoms with E-state index in [4.69, 9.17) is 9.47 Å². The number of aromatic nitrogens is 2. The van der Waals surface area contributed by atoms with E-state index in [9.17, 15) is 9.18 Å². The van der Waals surface area contributed by atoms with E-state index in [0.29, 0.717) is 25.5 Å². The lowest BCUT2D eigenvalue weighted by Crippen LogP contribution is -2.30. The summed E-state index contributed by atoms with van der Waals surface area (Å²) in [5.41, 5.74) is 4.51. The molecule has 0 fully saturated rings. The molecular weight excluding hydrogens is 411 g/mol. The van der Waals surface area contributed by atoms with E-state index in [1.54, 1.807) is 19.4 Å². The van der Waals surface area contributed by atoms with Crippen LogP contribution in [0.4, 0.5) is 4.39 Å². The van der Waals surface area contributed by atoms with Gasteiger partial charge in [0.15, 0.2) is 0 Å². The van der Waals surface area contributed by atoms with Crippen molar-refractivity contribution in [2.75, 3.05) is 20.2 Å². The van der Waals surface area contributed by atoms with Crippen LogP contribution in [-0.4, -0.2) is 36.1 Å². The van der Waals surface area contributed by atoms with Gasteiger partial charge < -0.3 is 20.1 Å². The fourth-order valence-electron chi connectivity index (χ4n) is 3.24. The van der Waals surface area contributed by atoms with E-state index in [2.05, 4.69) is 20.6 Å². The topological polar surface area (TPSA) is 85.4 Å². The Labute approximate surface area is 187 Å². The van der Waals surface area contributed by atoms with Crippen LogP contribution < -0.4 is 20.1 Å². The number of hydrogen-bond donors (Lipinski definition) is 2. The lowest BCUT2D eigenvalue weighted by Gasteiger charge is -2.13. The molecule has 1 aromatic heterocycles. The standard InChI is InChI=1S/C24H27FN4O3/c1-16-19(7-5-9-22(16)18-6-4-8-21(25)12-18)15-32-24-28-14-20(23(29-24)31-3)13-26-10-11-27-17(2)30/h4-9,12,14,26H,10-11,13,15H2,1-3H3,(H,27,30). The molecule has 0 spiro atoms. The van der Waals surface area contributed by atoms with Crippen LogP contribution in [0.1, 0.15) is 23.6 Å². The minimum absolute atomic E-state index is 0.0640. The van der Waals surface area contributed by atoms with Gasteiger partial charge in [-0.05, 0) is 41.3 Å². The third kappa shape index (κ3) is 6.24. The summed E-state index contributed by atoms with van der Waals surface area (Å²) in [6, 6.07) is 12.6. The number of rotatable bonds is 10. The lowest BCUT2D eigenvalue weighted by molar-refractivity contribution is -0.118. The van der Waals surface area contributed by atoms with Crippen molar-refractivity contribution in [2.45, 2.75) is 27.0 Å². The molecule has 0 bridgehead atoms. The number of nitrogens with zero attached hydrogens (tertiary/aromatic N) is 2. The van der Waals surface area contributed by atoms with E-state index in [-0.39, 0.29) is 24.3 Å². The van der Waals surface area contributed by atoms with Crippen molar-refractivity contribution in [1.82, 2.24) is 20.6 Å². The largest absolute Gasteiger partial charge is 0.481 e. The maximum absolute atomic E-state index is 13.6. The van der Waals surface area contributed by atoms with Crippen molar-refractivity contribution >= 4 is 5.91 Å². The van der Waals surface area contributed by atoms with Gasteiger partial charge in [0, 0.05) is 38.3 Å². The monoisotopic (exact) mass is 438 g/mol. The first-order valence-corrected chi connectivity index (χ1v) is 10.3. The van der Waals surface area contributed by atoms with Crippen LogP contribution in [0.5, 0.6) is 11.9 Å². The van der Waals surface area contributed by atoms with Gasteiger partial charge in [0.1, 0.15) is 12.4 Å². The second kappa shape index (κ2) is 11.2.